The summed E-state index contributed by atoms with van der Waals surface area (Å²) in [6, 6.07) is 10.4. The van der Waals surface area contributed by atoms with Gasteiger partial charge in [-0.05, 0) is 12.0 Å². The van der Waals surface area contributed by atoms with Crippen LogP contribution in [-0.4, -0.2) is 30.8 Å². The van der Waals surface area contributed by atoms with E-state index in [-0.39, 0.29) is 6.04 Å². The second-order valence-electron chi connectivity index (χ2n) is 5.91. The Hall–Kier alpha value is -2.83. The molecule has 1 atom stereocenters. The average Bonchev–Trinajstić information content (AvgIpc) is 3.00. The molecule has 4 rings (SSSR count). The molecule has 2 aromatic heterocycles. The Labute approximate surface area is 138 Å². The van der Waals surface area contributed by atoms with E-state index >= 15 is 0 Å². The van der Waals surface area contributed by atoms with Crippen LogP contribution >= 0.6 is 0 Å². The second kappa shape index (κ2) is 6.35. The number of halogens is 1. The number of fused-ring (bicyclic) bond motifs is 1. The molecule has 3 heterocycles. The van der Waals surface area contributed by atoms with Crippen LogP contribution in [0.4, 0.5) is 10.2 Å². The lowest BCUT2D eigenvalue weighted by Gasteiger charge is -2.25. The Bertz CT molecular complexity index is 815. The van der Waals surface area contributed by atoms with Gasteiger partial charge in [-0.3, -0.25) is 0 Å². The lowest BCUT2D eigenvalue weighted by atomic mass is 10.1. The molecule has 1 aliphatic heterocycles. The summed E-state index contributed by atoms with van der Waals surface area (Å²) in [5.41, 5.74) is 1.21. The van der Waals surface area contributed by atoms with Gasteiger partial charge in [0.25, 0.3) is 0 Å². The first-order valence-corrected chi connectivity index (χ1v) is 7.97. The third-order valence-electron chi connectivity index (χ3n) is 4.20. The summed E-state index contributed by atoms with van der Waals surface area (Å²) in [6.45, 7) is 0.767. The summed E-state index contributed by atoms with van der Waals surface area (Å²) >= 11 is 0. The van der Waals surface area contributed by atoms with Crippen LogP contribution in [0, 0.1) is 5.95 Å². The average molecular weight is 324 g/mol. The molecule has 0 bridgehead atoms. The van der Waals surface area contributed by atoms with Crippen molar-refractivity contribution in [2.24, 2.45) is 0 Å². The zero-order chi connectivity index (χ0) is 16.4. The number of anilines is 1. The minimum atomic E-state index is -0.574. The van der Waals surface area contributed by atoms with Crippen LogP contribution < -0.4 is 5.32 Å². The maximum absolute atomic E-state index is 12.9. The Morgan fingerprint density at radius 2 is 2.00 bits per heavy atom. The molecule has 1 aromatic carbocycles. The molecule has 0 aliphatic carbocycles. The third kappa shape index (κ3) is 3.10. The van der Waals surface area contributed by atoms with E-state index in [1.54, 1.807) is 0 Å². The molecule has 122 valence electrons. The van der Waals surface area contributed by atoms with E-state index in [0.717, 1.165) is 43.7 Å². The molecule has 7 heteroatoms. The van der Waals surface area contributed by atoms with Gasteiger partial charge in [0.05, 0.1) is 12.4 Å². The lowest BCUT2D eigenvalue weighted by molar-refractivity contribution is 0.466. The van der Waals surface area contributed by atoms with Crippen LogP contribution in [-0.2, 0) is 19.4 Å². The van der Waals surface area contributed by atoms with Gasteiger partial charge in [-0.2, -0.15) is 4.39 Å². The number of benzene rings is 1. The first-order valence-electron chi connectivity index (χ1n) is 7.97. The van der Waals surface area contributed by atoms with Crippen LogP contribution in [0.3, 0.4) is 0 Å². The van der Waals surface area contributed by atoms with Crippen molar-refractivity contribution in [3.8, 4) is 0 Å². The number of rotatable bonds is 4. The van der Waals surface area contributed by atoms with E-state index < -0.39 is 5.95 Å². The maximum Gasteiger partial charge on any atom is 0.231 e. The van der Waals surface area contributed by atoms with Crippen LogP contribution in [0.1, 0.15) is 23.6 Å². The Morgan fingerprint density at radius 1 is 1.12 bits per heavy atom. The zero-order valence-corrected chi connectivity index (χ0v) is 13.1. The van der Waals surface area contributed by atoms with Gasteiger partial charge < -0.3 is 9.88 Å². The molecule has 0 saturated heterocycles. The Kier molecular flexibility index (Phi) is 3.90. The van der Waals surface area contributed by atoms with Crippen molar-refractivity contribution in [3.63, 3.8) is 0 Å². The fraction of sp³-hybridized carbons (Fsp3) is 0.294. The molecule has 3 aromatic rings. The largest absolute Gasteiger partial charge is 0.364 e. The van der Waals surface area contributed by atoms with Gasteiger partial charge in [-0.1, -0.05) is 30.3 Å². The topological polar surface area (TPSA) is 68.5 Å². The minimum Gasteiger partial charge on any atom is -0.364 e. The van der Waals surface area contributed by atoms with Gasteiger partial charge in [-0.15, -0.1) is 10.2 Å². The molecule has 24 heavy (non-hydrogen) atoms. The van der Waals surface area contributed by atoms with E-state index in [2.05, 4.69) is 42.2 Å². The Morgan fingerprint density at radius 3 is 2.79 bits per heavy atom. The highest BCUT2D eigenvalue weighted by molar-refractivity contribution is 5.32. The summed E-state index contributed by atoms with van der Waals surface area (Å²) in [4.78, 5) is 7.65. The standard InChI is InChI=1S/C17H17FN6/c18-14-9-20-15(10-19-14)21-13-6-7-16-22-23-17(24(16)11-13)8-12-4-2-1-3-5-12/h1-5,9-10,13H,6-8,11H2,(H,20,21). The molecule has 0 spiro atoms. The van der Waals surface area contributed by atoms with Gasteiger partial charge in [0.1, 0.15) is 17.5 Å². The number of hydrogen-bond donors (Lipinski definition) is 1. The highest BCUT2D eigenvalue weighted by atomic mass is 19.1. The SMILES string of the molecule is Fc1cnc(NC2CCc3nnc(Cc4ccccc4)n3C2)cn1. The number of nitrogens with one attached hydrogen (secondary N) is 1. The first-order chi connectivity index (χ1) is 11.8. The molecule has 0 saturated carbocycles. The van der Waals surface area contributed by atoms with Crippen LogP contribution in [0.15, 0.2) is 42.7 Å². The third-order valence-corrected chi connectivity index (χ3v) is 4.20. The predicted octanol–water partition coefficient (Wildman–Crippen LogP) is 2.22. The van der Waals surface area contributed by atoms with E-state index in [1.807, 2.05) is 18.2 Å². The summed E-state index contributed by atoms with van der Waals surface area (Å²) in [7, 11) is 0. The molecule has 1 aliphatic rings. The Balaban J connectivity index is 1.49. The minimum absolute atomic E-state index is 0.197. The fourth-order valence-electron chi connectivity index (χ4n) is 3.01. The summed E-state index contributed by atoms with van der Waals surface area (Å²) in [5, 5.41) is 12.0. The van der Waals surface area contributed by atoms with Crippen molar-refractivity contribution < 1.29 is 4.39 Å². The molecular formula is C17H17FN6. The number of aromatic nitrogens is 5. The molecule has 1 unspecified atom stereocenters. The summed E-state index contributed by atoms with van der Waals surface area (Å²) in [5.74, 6) is 2.00. The van der Waals surface area contributed by atoms with Crippen LogP contribution in [0.2, 0.25) is 0 Å². The number of hydrogen-bond acceptors (Lipinski definition) is 5. The van der Waals surface area contributed by atoms with Crippen molar-refractivity contribution in [3.05, 3.63) is 65.9 Å². The maximum atomic E-state index is 12.9. The second-order valence-corrected chi connectivity index (χ2v) is 5.91. The summed E-state index contributed by atoms with van der Waals surface area (Å²) < 4.78 is 15.0. The predicted molar refractivity (Wildman–Crippen MR) is 87.0 cm³/mol. The van der Waals surface area contributed by atoms with Crippen molar-refractivity contribution in [2.45, 2.75) is 31.8 Å². The van der Waals surface area contributed by atoms with Gasteiger partial charge in [0.15, 0.2) is 0 Å². The van der Waals surface area contributed by atoms with Crippen molar-refractivity contribution in [1.82, 2.24) is 24.7 Å². The van der Waals surface area contributed by atoms with E-state index in [4.69, 9.17) is 0 Å². The van der Waals surface area contributed by atoms with Crippen molar-refractivity contribution >= 4 is 5.82 Å². The van der Waals surface area contributed by atoms with Crippen LogP contribution in [0.25, 0.3) is 0 Å². The number of nitrogens with zero attached hydrogens (tertiary/aromatic N) is 5. The summed E-state index contributed by atoms with van der Waals surface area (Å²) in [6.07, 6.45) is 5.09. The zero-order valence-electron chi connectivity index (χ0n) is 13.1. The quantitative estimate of drug-likeness (QED) is 0.797. The fourth-order valence-corrected chi connectivity index (χ4v) is 3.01. The molecular weight excluding hydrogens is 307 g/mol. The van der Waals surface area contributed by atoms with Gasteiger partial charge in [-0.25, -0.2) is 9.97 Å². The lowest BCUT2D eigenvalue weighted by Crippen LogP contribution is -2.32. The molecule has 0 amide bonds. The van der Waals surface area contributed by atoms with Gasteiger partial charge >= 0.3 is 0 Å². The monoisotopic (exact) mass is 324 g/mol. The smallest absolute Gasteiger partial charge is 0.231 e. The van der Waals surface area contributed by atoms with Crippen molar-refractivity contribution in [2.75, 3.05) is 5.32 Å². The van der Waals surface area contributed by atoms with Crippen LogP contribution in [0.5, 0.6) is 0 Å². The van der Waals surface area contributed by atoms with E-state index in [9.17, 15) is 4.39 Å². The first kappa shape index (κ1) is 14.7. The highest BCUT2D eigenvalue weighted by Crippen LogP contribution is 2.19. The van der Waals surface area contributed by atoms with Crippen molar-refractivity contribution in [1.29, 1.82) is 0 Å². The van der Waals surface area contributed by atoms with Gasteiger partial charge in [0.2, 0.25) is 5.95 Å². The molecule has 0 fully saturated rings. The molecule has 1 N–H and O–H groups in total. The van der Waals surface area contributed by atoms with E-state index in [0.29, 0.717) is 5.82 Å². The molecule has 0 radical (unpaired) electrons. The molecule has 6 nitrogen and oxygen atoms in total. The van der Waals surface area contributed by atoms with Gasteiger partial charge in [0, 0.05) is 25.4 Å². The normalized spacial score (nSPS) is 16.6. The highest BCUT2D eigenvalue weighted by Gasteiger charge is 2.23. The van der Waals surface area contributed by atoms with E-state index in [1.165, 1.54) is 11.8 Å². The number of aryl methyl sites for hydroxylation is 1.